The van der Waals surface area contributed by atoms with E-state index in [2.05, 4.69) is 12.6 Å². The van der Waals surface area contributed by atoms with Crippen molar-refractivity contribution in [1.82, 2.24) is 0 Å². The molecule has 0 unspecified atom stereocenters. The summed E-state index contributed by atoms with van der Waals surface area (Å²) in [4.78, 5) is 13.4. The zero-order chi connectivity index (χ0) is 35.9. The third-order valence-corrected chi connectivity index (χ3v) is 8.67. The number of carbonyl (C=O) groups is 1. The molecule has 8 aromatic rings. The van der Waals surface area contributed by atoms with Gasteiger partial charge in [0.2, 0.25) is 5.75 Å². The molecular weight excluding hydrogens is 689 g/mol. The molecule has 1 N–H and O–H groups in total. The summed E-state index contributed by atoms with van der Waals surface area (Å²) >= 11 is 9.77. The maximum Gasteiger partial charge on any atom is 0.336 e. The number of thiol groups is 1. The van der Waals surface area contributed by atoms with Gasteiger partial charge in [-0.25, -0.2) is 4.79 Å². The van der Waals surface area contributed by atoms with Crippen molar-refractivity contribution < 1.29 is 28.5 Å². The van der Waals surface area contributed by atoms with E-state index in [1.807, 2.05) is 140 Å². The Morgan fingerprint density at radius 3 is 1.65 bits per heavy atom. The Labute approximate surface area is 310 Å². The molecule has 0 saturated carbocycles. The lowest BCUT2D eigenvalue weighted by molar-refractivity contribution is 0.0697. The van der Waals surface area contributed by atoms with Crippen LogP contribution in [-0.2, 0) is 0 Å². The Bertz CT molecular complexity index is 2540. The van der Waals surface area contributed by atoms with Crippen molar-refractivity contribution in [2.45, 2.75) is 4.90 Å². The molecule has 7 aromatic carbocycles. The van der Waals surface area contributed by atoms with Crippen molar-refractivity contribution >= 4 is 52.8 Å². The van der Waals surface area contributed by atoms with E-state index in [4.69, 9.17) is 30.8 Å². The first kappa shape index (κ1) is 34.1. The van der Waals surface area contributed by atoms with Crippen molar-refractivity contribution in [3.63, 3.8) is 0 Å². The van der Waals surface area contributed by atoms with Crippen molar-refractivity contribution in [2.75, 3.05) is 0 Å². The van der Waals surface area contributed by atoms with Crippen LogP contribution in [0, 0.1) is 4.51 Å². The highest BCUT2D eigenvalue weighted by Crippen LogP contribution is 2.51. The molecule has 0 amide bonds. The molecule has 0 spiro atoms. The van der Waals surface area contributed by atoms with E-state index in [-0.39, 0.29) is 22.8 Å². The first-order valence-corrected chi connectivity index (χ1v) is 17.1. The average molecular weight is 719 g/mol. The van der Waals surface area contributed by atoms with E-state index >= 15 is 0 Å². The van der Waals surface area contributed by atoms with Crippen LogP contribution < -0.4 is 14.2 Å². The van der Waals surface area contributed by atoms with Crippen molar-refractivity contribution in [3.05, 3.63) is 180 Å². The quantitative estimate of drug-likeness (QED) is 0.0920. The van der Waals surface area contributed by atoms with Crippen LogP contribution in [-0.4, -0.2) is 11.1 Å². The van der Waals surface area contributed by atoms with E-state index in [0.717, 1.165) is 31.3 Å². The molecule has 0 bridgehead atoms. The lowest BCUT2D eigenvalue weighted by atomic mass is 9.97. The molecule has 1 heterocycles. The van der Waals surface area contributed by atoms with Gasteiger partial charge in [-0.15, -0.1) is 12.6 Å². The minimum Gasteiger partial charge on any atom is -0.478 e. The monoisotopic (exact) mass is 718 g/mol. The number of carboxylic acids is 1. The maximum absolute atomic E-state index is 12.5. The molecule has 0 aliphatic rings. The Hall–Kier alpha value is -6.35. The maximum atomic E-state index is 12.5. The predicted octanol–water partition coefficient (Wildman–Crippen LogP) is 13.0. The van der Waals surface area contributed by atoms with Crippen LogP contribution in [0.3, 0.4) is 0 Å². The highest BCUT2D eigenvalue weighted by Gasteiger charge is 2.28. The molecule has 8 heteroatoms. The molecule has 0 radical (unpaired) electrons. The van der Waals surface area contributed by atoms with Gasteiger partial charge in [0.15, 0.2) is 11.5 Å². The Balaban J connectivity index is 0.000000217. The number of rotatable bonds is 8. The summed E-state index contributed by atoms with van der Waals surface area (Å²) in [6.07, 6.45) is 0. The van der Waals surface area contributed by atoms with Gasteiger partial charge in [0.1, 0.15) is 28.4 Å². The third-order valence-electron chi connectivity index (χ3n) is 7.95. The summed E-state index contributed by atoms with van der Waals surface area (Å²) in [7, 11) is 0. The van der Waals surface area contributed by atoms with Gasteiger partial charge in [-0.05, 0) is 72.3 Å². The second kappa shape index (κ2) is 15.7. The minimum absolute atomic E-state index is 0.0264. The average Bonchev–Trinajstić information content (AvgIpc) is 3.18. The molecule has 52 heavy (non-hydrogen) atoms. The number of benzene rings is 7. The minimum atomic E-state index is -1.11. The normalized spacial score (nSPS) is 10.6. The molecule has 0 saturated heterocycles. The second-order valence-electron chi connectivity index (χ2n) is 11.5. The van der Waals surface area contributed by atoms with Gasteiger partial charge in [0.05, 0.1) is 10.1 Å². The van der Waals surface area contributed by atoms with Crippen LogP contribution in [0.25, 0.3) is 33.1 Å². The Kier molecular flexibility index (Phi) is 10.3. The van der Waals surface area contributed by atoms with Gasteiger partial charge >= 0.3 is 5.97 Å². The molecule has 0 fully saturated rings. The topological polar surface area (TPSA) is 78.1 Å². The van der Waals surface area contributed by atoms with E-state index in [0.29, 0.717) is 28.4 Å². The smallest absolute Gasteiger partial charge is 0.336 e. The first-order valence-electron chi connectivity index (χ1n) is 16.3. The van der Waals surface area contributed by atoms with Crippen LogP contribution in [0.15, 0.2) is 179 Å². The SMILES string of the molecule is O=C(O)c1cc(Oc2ccccc2)c(Oc2ccccc2)c(Oc2ccccc2)c1-c1ccccc1.S=c1c2ccccc2oc2ccc(S)cc12. The highest BCUT2D eigenvalue weighted by atomic mass is 32.1. The number of aromatic carboxylic acids is 1. The molecule has 8 rings (SSSR count). The molecule has 6 nitrogen and oxygen atoms in total. The lowest BCUT2D eigenvalue weighted by Gasteiger charge is -2.21. The van der Waals surface area contributed by atoms with Crippen LogP contribution in [0.4, 0.5) is 0 Å². The van der Waals surface area contributed by atoms with E-state index < -0.39 is 5.97 Å². The fourth-order valence-electron chi connectivity index (χ4n) is 5.57. The number of hydrogen-bond acceptors (Lipinski definition) is 7. The first-order chi connectivity index (χ1) is 25.4. The number of fused-ring (bicyclic) bond motifs is 2. The highest BCUT2D eigenvalue weighted by molar-refractivity contribution is 7.80. The standard InChI is InChI=1S/C31H22O5.C13H8OS2/c32-31(33)26-21-27(34-23-15-7-2-8-16-23)29(35-24-17-9-3-10-18-24)30(36-25-19-11-4-12-20-25)28(26)22-13-5-1-6-14-22;15-8-5-6-12-10(7-8)13(16)9-3-1-2-4-11(9)14-12/h1-21H,(H,32,33);1-7,15H. The Morgan fingerprint density at radius 1 is 0.558 bits per heavy atom. The number of carboxylic acid groups (broad SMARTS) is 1. The lowest BCUT2D eigenvalue weighted by Crippen LogP contribution is -2.05. The zero-order valence-electron chi connectivity index (χ0n) is 27.5. The summed E-state index contributed by atoms with van der Waals surface area (Å²) in [6.45, 7) is 0. The molecule has 0 aliphatic carbocycles. The summed E-state index contributed by atoms with van der Waals surface area (Å²) in [6, 6.07) is 51.8. The van der Waals surface area contributed by atoms with E-state index in [1.165, 1.54) is 6.07 Å². The summed E-state index contributed by atoms with van der Waals surface area (Å²) < 4.78 is 25.5. The van der Waals surface area contributed by atoms with Gasteiger partial charge in [-0.1, -0.05) is 109 Å². The molecule has 0 aliphatic heterocycles. The third kappa shape index (κ3) is 7.68. The van der Waals surface area contributed by atoms with Gasteiger partial charge in [-0.3, -0.25) is 0 Å². The van der Waals surface area contributed by atoms with Crippen LogP contribution >= 0.6 is 24.8 Å². The van der Waals surface area contributed by atoms with Gasteiger partial charge < -0.3 is 23.7 Å². The van der Waals surface area contributed by atoms with Crippen LogP contribution in [0.1, 0.15) is 10.4 Å². The van der Waals surface area contributed by atoms with E-state index in [1.54, 1.807) is 24.3 Å². The fraction of sp³-hybridized carbons (Fsp3) is 0. The van der Waals surface area contributed by atoms with E-state index in [9.17, 15) is 9.90 Å². The summed E-state index contributed by atoms with van der Waals surface area (Å²) in [5.41, 5.74) is 2.72. The summed E-state index contributed by atoms with van der Waals surface area (Å²) in [5, 5.41) is 12.2. The largest absolute Gasteiger partial charge is 0.478 e. The van der Waals surface area contributed by atoms with Gasteiger partial charge in [-0.2, -0.15) is 0 Å². The predicted molar refractivity (Wildman–Crippen MR) is 210 cm³/mol. The van der Waals surface area contributed by atoms with Crippen molar-refractivity contribution in [1.29, 1.82) is 0 Å². The molecule has 254 valence electrons. The number of para-hydroxylation sites is 4. The van der Waals surface area contributed by atoms with Crippen molar-refractivity contribution in [3.8, 4) is 45.6 Å². The molecule has 1 aromatic heterocycles. The summed E-state index contributed by atoms with van der Waals surface area (Å²) in [5.74, 6) is 1.21. The molecule has 0 atom stereocenters. The second-order valence-corrected chi connectivity index (χ2v) is 12.4. The fourth-order valence-corrected chi connectivity index (χ4v) is 6.10. The van der Waals surface area contributed by atoms with Gasteiger partial charge in [0.25, 0.3) is 0 Å². The number of hydrogen-bond donors (Lipinski definition) is 2. The Morgan fingerprint density at radius 2 is 1.06 bits per heavy atom. The van der Waals surface area contributed by atoms with Crippen LogP contribution in [0.2, 0.25) is 0 Å². The van der Waals surface area contributed by atoms with Gasteiger partial charge in [0, 0.05) is 27.3 Å². The van der Waals surface area contributed by atoms with Crippen molar-refractivity contribution in [2.24, 2.45) is 0 Å². The molecular formula is C44H30O6S2. The number of ether oxygens (including phenoxy) is 3. The zero-order valence-corrected chi connectivity index (χ0v) is 29.2. The van der Waals surface area contributed by atoms with Crippen LogP contribution in [0.5, 0.6) is 34.5 Å².